The zero-order chi connectivity index (χ0) is 25.5. The zero-order valence-electron chi connectivity index (χ0n) is 20.1. The Morgan fingerprint density at radius 3 is 2.37 bits per heavy atom. The van der Waals surface area contributed by atoms with Crippen LogP contribution in [0.1, 0.15) is 41.2 Å². The fraction of sp³-hybridized carbons (Fsp3) is 0.375. The first kappa shape index (κ1) is 25.2. The zero-order valence-corrected chi connectivity index (χ0v) is 22.5. The number of nitrogens with zero attached hydrogens (tertiary/aromatic N) is 4. The molecule has 0 unspecified atom stereocenters. The molecule has 186 valence electrons. The average Bonchev–Trinajstić information content (AvgIpc) is 3.58. The maximum Gasteiger partial charge on any atom is 0.270 e. The van der Waals surface area contributed by atoms with Crippen molar-refractivity contribution in [1.29, 1.82) is 0 Å². The molecular formula is C24H28BrN5O4S. The molecule has 0 saturated heterocycles. The van der Waals surface area contributed by atoms with E-state index in [2.05, 4.69) is 21.2 Å². The molecule has 1 aliphatic rings. The summed E-state index contributed by atoms with van der Waals surface area (Å²) in [7, 11) is 1.18. The lowest BCUT2D eigenvalue weighted by atomic mass is 10.0. The summed E-state index contributed by atoms with van der Waals surface area (Å²) in [6.45, 7) is 0.0246. The van der Waals surface area contributed by atoms with Crippen LogP contribution in [0, 0.1) is 0 Å². The molecule has 4 rings (SSSR count). The number of aromatic nitrogens is 2. The summed E-state index contributed by atoms with van der Waals surface area (Å²) in [4.78, 5) is 26.6. The number of sulfonamides is 1. The van der Waals surface area contributed by atoms with Crippen molar-refractivity contribution in [3.8, 4) is 5.69 Å². The Morgan fingerprint density at radius 1 is 1.17 bits per heavy atom. The normalized spacial score (nSPS) is 13.6. The van der Waals surface area contributed by atoms with Crippen molar-refractivity contribution < 1.29 is 18.0 Å². The highest BCUT2D eigenvalue weighted by molar-refractivity contribution is 9.10. The molecule has 0 aliphatic heterocycles. The molecule has 9 nitrogen and oxygen atoms in total. The van der Waals surface area contributed by atoms with Crippen LogP contribution in [0.3, 0.4) is 0 Å². The van der Waals surface area contributed by atoms with Gasteiger partial charge in [-0.25, -0.2) is 13.1 Å². The third-order valence-corrected chi connectivity index (χ3v) is 7.76. The van der Waals surface area contributed by atoms with Crippen LogP contribution in [0.5, 0.6) is 0 Å². The van der Waals surface area contributed by atoms with E-state index in [4.69, 9.17) is 5.10 Å². The van der Waals surface area contributed by atoms with E-state index >= 15 is 0 Å². The lowest BCUT2D eigenvalue weighted by Gasteiger charge is -2.25. The van der Waals surface area contributed by atoms with Gasteiger partial charge in [-0.1, -0.05) is 15.9 Å². The van der Waals surface area contributed by atoms with Crippen LogP contribution in [0.25, 0.3) is 16.6 Å². The smallest absolute Gasteiger partial charge is 0.270 e. The number of hydrogen-bond donors (Lipinski definition) is 1. The minimum Gasteiger partial charge on any atom is -0.354 e. The number of anilines is 1. The first-order valence-electron chi connectivity index (χ1n) is 11.2. The van der Waals surface area contributed by atoms with Crippen molar-refractivity contribution in [1.82, 2.24) is 20.0 Å². The van der Waals surface area contributed by atoms with Gasteiger partial charge in [0, 0.05) is 44.0 Å². The summed E-state index contributed by atoms with van der Waals surface area (Å²) >= 11 is 3.43. The van der Waals surface area contributed by atoms with Gasteiger partial charge in [0.1, 0.15) is 5.69 Å². The molecule has 1 heterocycles. The minimum atomic E-state index is -3.67. The topological polar surface area (TPSA) is 105 Å². The SMILES string of the molecule is CNC(=O)c1c2cc(C3CC3)c(N(CCC(=O)N(C)C)S(C)(=O)=O)cc2nn1-c1ccc(Br)cc1. The Balaban J connectivity index is 1.91. The third-order valence-electron chi connectivity index (χ3n) is 6.05. The molecule has 0 spiro atoms. The number of fused-ring (bicyclic) bond motifs is 1. The molecule has 0 atom stereocenters. The summed E-state index contributed by atoms with van der Waals surface area (Å²) in [6.07, 6.45) is 3.06. The van der Waals surface area contributed by atoms with Crippen LogP contribution in [0.4, 0.5) is 5.69 Å². The Labute approximate surface area is 213 Å². The van der Waals surface area contributed by atoms with E-state index in [1.54, 1.807) is 31.9 Å². The molecule has 0 radical (unpaired) electrons. The van der Waals surface area contributed by atoms with Crippen LogP contribution in [-0.4, -0.2) is 68.9 Å². The van der Waals surface area contributed by atoms with Gasteiger partial charge in [-0.05, 0) is 60.7 Å². The predicted molar refractivity (Wildman–Crippen MR) is 140 cm³/mol. The van der Waals surface area contributed by atoms with Gasteiger partial charge < -0.3 is 10.2 Å². The maximum atomic E-state index is 12.9. The second-order valence-corrected chi connectivity index (χ2v) is 11.7. The summed E-state index contributed by atoms with van der Waals surface area (Å²) in [6, 6.07) is 11.0. The van der Waals surface area contributed by atoms with Gasteiger partial charge in [0.05, 0.1) is 23.1 Å². The number of nitrogens with one attached hydrogen (secondary N) is 1. The first-order valence-corrected chi connectivity index (χ1v) is 13.9. The van der Waals surface area contributed by atoms with Crippen LogP contribution >= 0.6 is 15.9 Å². The van der Waals surface area contributed by atoms with Crippen molar-refractivity contribution in [2.24, 2.45) is 0 Å². The highest BCUT2D eigenvalue weighted by Crippen LogP contribution is 2.46. The van der Waals surface area contributed by atoms with E-state index in [0.29, 0.717) is 28.0 Å². The largest absolute Gasteiger partial charge is 0.354 e. The molecule has 2 amide bonds. The lowest BCUT2D eigenvalue weighted by Crippen LogP contribution is -2.35. The maximum absolute atomic E-state index is 12.9. The molecular weight excluding hydrogens is 534 g/mol. The van der Waals surface area contributed by atoms with Crippen molar-refractivity contribution in [2.75, 3.05) is 38.2 Å². The quantitative estimate of drug-likeness (QED) is 0.454. The fourth-order valence-electron chi connectivity index (χ4n) is 4.07. The fourth-order valence-corrected chi connectivity index (χ4v) is 5.27. The standard InChI is InChI=1S/C24H28BrN5O4S/c1-26-24(32)23-19-13-18(15-5-6-15)21(29(35(4,33)34)12-11-22(31)28(2)3)14-20(19)27-30(23)17-9-7-16(25)8-10-17/h7-10,13-15H,5-6,11-12H2,1-4H3,(H,26,32). The van der Waals surface area contributed by atoms with Gasteiger partial charge in [0.25, 0.3) is 5.91 Å². The lowest BCUT2D eigenvalue weighted by molar-refractivity contribution is -0.128. The van der Waals surface area contributed by atoms with Gasteiger partial charge in [0.15, 0.2) is 0 Å². The molecule has 0 bridgehead atoms. The van der Waals surface area contributed by atoms with Gasteiger partial charge in [-0.3, -0.25) is 13.9 Å². The van der Waals surface area contributed by atoms with E-state index in [0.717, 1.165) is 29.1 Å². The van der Waals surface area contributed by atoms with E-state index in [1.165, 1.54) is 9.21 Å². The number of carbonyl (C=O) groups is 2. The van der Waals surface area contributed by atoms with Gasteiger partial charge in [0.2, 0.25) is 15.9 Å². The predicted octanol–water partition coefficient (Wildman–Crippen LogP) is 3.27. The van der Waals surface area contributed by atoms with Crippen LogP contribution in [-0.2, 0) is 14.8 Å². The Kier molecular flexibility index (Phi) is 6.92. The Hall–Kier alpha value is -2.92. The average molecular weight is 562 g/mol. The molecule has 1 saturated carbocycles. The molecule has 11 heteroatoms. The monoisotopic (exact) mass is 561 g/mol. The summed E-state index contributed by atoms with van der Waals surface area (Å²) in [5.41, 5.74) is 2.94. The second kappa shape index (κ2) is 9.62. The van der Waals surface area contributed by atoms with Crippen LogP contribution in [0.2, 0.25) is 0 Å². The Morgan fingerprint density at radius 2 is 1.83 bits per heavy atom. The van der Waals surface area contributed by atoms with E-state index in [-0.39, 0.29) is 30.7 Å². The summed E-state index contributed by atoms with van der Waals surface area (Å²) < 4.78 is 29.4. The van der Waals surface area contributed by atoms with Crippen molar-refractivity contribution in [3.63, 3.8) is 0 Å². The highest BCUT2D eigenvalue weighted by atomic mass is 79.9. The number of benzene rings is 2. The minimum absolute atomic E-state index is 0.0246. The molecule has 1 aromatic heterocycles. The van der Waals surface area contributed by atoms with Crippen LogP contribution < -0.4 is 9.62 Å². The van der Waals surface area contributed by atoms with Crippen molar-refractivity contribution in [2.45, 2.75) is 25.2 Å². The first-order chi connectivity index (χ1) is 16.5. The molecule has 1 aliphatic carbocycles. The number of halogens is 1. The molecule has 2 aromatic carbocycles. The number of rotatable bonds is 8. The van der Waals surface area contributed by atoms with E-state index in [1.807, 2.05) is 30.3 Å². The molecule has 3 aromatic rings. The summed E-state index contributed by atoms with van der Waals surface area (Å²) in [5, 5.41) is 8.04. The summed E-state index contributed by atoms with van der Waals surface area (Å²) in [5.74, 6) is -0.257. The van der Waals surface area contributed by atoms with Gasteiger partial charge in [-0.15, -0.1) is 0 Å². The number of amides is 2. The van der Waals surface area contributed by atoms with E-state index < -0.39 is 10.0 Å². The highest BCUT2D eigenvalue weighted by Gasteiger charge is 2.32. The van der Waals surface area contributed by atoms with Crippen LogP contribution in [0.15, 0.2) is 40.9 Å². The Bertz CT molecular complexity index is 1400. The number of carbonyl (C=O) groups excluding carboxylic acids is 2. The van der Waals surface area contributed by atoms with Crippen molar-refractivity contribution in [3.05, 3.63) is 52.1 Å². The molecule has 1 fully saturated rings. The van der Waals surface area contributed by atoms with Crippen molar-refractivity contribution >= 4 is 54.4 Å². The molecule has 1 N–H and O–H groups in total. The van der Waals surface area contributed by atoms with Gasteiger partial charge >= 0.3 is 0 Å². The van der Waals surface area contributed by atoms with Gasteiger partial charge in [-0.2, -0.15) is 5.10 Å². The van der Waals surface area contributed by atoms with E-state index in [9.17, 15) is 18.0 Å². The second-order valence-electron chi connectivity index (χ2n) is 8.89. The number of hydrogen-bond acceptors (Lipinski definition) is 5. The molecule has 35 heavy (non-hydrogen) atoms. The third kappa shape index (κ3) is 5.20.